The summed E-state index contributed by atoms with van der Waals surface area (Å²) in [5.74, 6) is -0.399. The second kappa shape index (κ2) is 5.33. The summed E-state index contributed by atoms with van der Waals surface area (Å²) < 4.78 is 33.7. The van der Waals surface area contributed by atoms with Gasteiger partial charge in [-0.2, -0.15) is 0 Å². The summed E-state index contributed by atoms with van der Waals surface area (Å²) in [6, 6.07) is 2.87. The van der Waals surface area contributed by atoms with Crippen molar-refractivity contribution in [3.05, 3.63) is 46.9 Å². The van der Waals surface area contributed by atoms with Crippen LogP contribution in [0.4, 0.5) is 4.39 Å². The molecule has 17 heavy (non-hydrogen) atoms. The number of halogens is 1. The molecule has 1 aromatic rings. The average Bonchev–Trinajstić information content (AvgIpc) is 2.55. The third-order valence-corrected chi connectivity index (χ3v) is 3.26. The highest BCUT2D eigenvalue weighted by Gasteiger charge is 2.13. The van der Waals surface area contributed by atoms with Crippen molar-refractivity contribution in [2.24, 2.45) is 0 Å². The Morgan fingerprint density at radius 1 is 1.47 bits per heavy atom. The van der Waals surface area contributed by atoms with Crippen molar-refractivity contribution in [3.8, 4) is 0 Å². The van der Waals surface area contributed by atoms with Crippen molar-refractivity contribution in [3.63, 3.8) is 0 Å². The number of nitrogens with zero attached hydrogens (tertiary/aromatic N) is 1. The van der Waals surface area contributed by atoms with Gasteiger partial charge >= 0.3 is 0 Å². The van der Waals surface area contributed by atoms with Crippen LogP contribution >= 0.6 is 0 Å². The Bertz CT molecular complexity index is 511. The molecule has 1 atom stereocenters. The van der Waals surface area contributed by atoms with Crippen molar-refractivity contribution >= 4 is 16.7 Å². The van der Waals surface area contributed by atoms with Gasteiger partial charge in [0.2, 0.25) is 0 Å². The summed E-state index contributed by atoms with van der Waals surface area (Å²) in [5, 5.41) is 0. The smallest absolute Gasteiger partial charge is 0.186 e. The molecular formula is C12H12FNO2S. The summed E-state index contributed by atoms with van der Waals surface area (Å²) in [6.45, 7) is 0. The highest BCUT2D eigenvalue weighted by atomic mass is 32.2. The largest absolute Gasteiger partial charge is 0.302 e. The summed E-state index contributed by atoms with van der Waals surface area (Å²) >= 11 is -2.03. The van der Waals surface area contributed by atoms with Crippen molar-refractivity contribution in [1.29, 1.82) is 0 Å². The summed E-state index contributed by atoms with van der Waals surface area (Å²) in [7, 11) is 0. The molecule has 1 heterocycles. The lowest BCUT2D eigenvalue weighted by atomic mass is 10.1. The van der Waals surface area contributed by atoms with E-state index < -0.39 is 16.9 Å². The second-order valence-corrected chi connectivity index (χ2v) is 4.72. The molecule has 5 heteroatoms. The Morgan fingerprint density at radius 2 is 2.29 bits per heavy atom. The predicted octanol–water partition coefficient (Wildman–Crippen LogP) is 2.89. The molecule has 0 aliphatic heterocycles. The van der Waals surface area contributed by atoms with Crippen molar-refractivity contribution in [1.82, 2.24) is 4.98 Å². The van der Waals surface area contributed by atoms with Gasteiger partial charge in [-0.3, -0.25) is 4.98 Å². The SMILES string of the molecule is O=S(O)C1=CCCCC(c2ncccc2F)=C1. The highest BCUT2D eigenvalue weighted by molar-refractivity contribution is 7.83. The van der Waals surface area contributed by atoms with Crippen LogP contribution in [0.25, 0.3) is 5.57 Å². The van der Waals surface area contributed by atoms with E-state index in [0.29, 0.717) is 16.9 Å². The van der Waals surface area contributed by atoms with E-state index in [9.17, 15) is 8.60 Å². The van der Waals surface area contributed by atoms with E-state index in [4.69, 9.17) is 4.55 Å². The Morgan fingerprint density at radius 3 is 3.00 bits per heavy atom. The first-order valence-electron chi connectivity index (χ1n) is 5.31. The molecule has 90 valence electrons. The maximum absolute atomic E-state index is 13.6. The molecule has 2 rings (SSSR count). The summed E-state index contributed by atoms with van der Waals surface area (Å²) in [5.41, 5.74) is 0.944. The molecule has 0 saturated carbocycles. The standard InChI is InChI=1S/C12H12FNO2S/c13-11-6-3-7-14-12(11)9-4-1-2-5-10(8-9)17(15)16/h3,5-8H,1-2,4H2,(H,15,16). The Labute approximate surface area is 101 Å². The predicted molar refractivity (Wildman–Crippen MR) is 64.9 cm³/mol. The molecule has 0 spiro atoms. The van der Waals surface area contributed by atoms with E-state index in [0.717, 1.165) is 12.8 Å². The van der Waals surface area contributed by atoms with Gasteiger partial charge in [-0.15, -0.1) is 0 Å². The molecule has 0 fully saturated rings. The molecule has 1 unspecified atom stereocenters. The molecule has 1 aliphatic carbocycles. The molecule has 0 aromatic carbocycles. The molecule has 0 saturated heterocycles. The minimum atomic E-state index is -2.03. The zero-order valence-corrected chi connectivity index (χ0v) is 9.91. The maximum atomic E-state index is 13.6. The fraction of sp³-hybridized carbons (Fsp3) is 0.250. The maximum Gasteiger partial charge on any atom is 0.186 e. The van der Waals surface area contributed by atoms with Gasteiger partial charge in [0.1, 0.15) is 11.5 Å². The third-order valence-electron chi connectivity index (χ3n) is 2.58. The Balaban J connectivity index is 2.41. The molecule has 0 radical (unpaired) electrons. The molecular weight excluding hydrogens is 241 g/mol. The van der Waals surface area contributed by atoms with Crippen molar-refractivity contribution in [2.75, 3.05) is 0 Å². The average molecular weight is 253 g/mol. The molecule has 3 nitrogen and oxygen atoms in total. The van der Waals surface area contributed by atoms with Crippen LogP contribution in [0.5, 0.6) is 0 Å². The minimum Gasteiger partial charge on any atom is -0.302 e. The molecule has 1 N–H and O–H groups in total. The van der Waals surface area contributed by atoms with Crippen LogP contribution in [0.3, 0.4) is 0 Å². The summed E-state index contributed by atoms with van der Waals surface area (Å²) in [6.07, 6.45) is 6.99. The van der Waals surface area contributed by atoms with Crippen molar-refractivity contribution < 1.29 is 13.2 Å². The van der Waals surface area contributed by atoms with E-state index in [1.807, 2.05) is 0 Å². The number of hydrogen-bond donors (Lipinski definition) is 1. The van der Waals surface area contributed by atoms with Gasteiger partial charge in [0.05, 0.1) is 4.91 Å². The Hall–Kier alpha value is -1.33. The minimum absolute atomic E-state index is 0.269. The monoisotopic (exact) mass is 253 g/mol. The lowest BCUT2D eigenvalue weighted by Gasteiger charge is -2.05. The van der Waals surface area contributed by atoms with Gasteiger partial charge in [-0.1, -0.05) is 6.08 Å². The van der Waals surface area contributed by atoms with E-state index >= 15 is 0 Å². The molecule has 0 bridgehead atoms. The number of pyridine rings is 1. The van der Waals surface area contributed by atoms with Crippen LogP contribution < -0.4 is 0 Å². The second-order valence-electron chi connectivity index (χ2n) is 3.75. The van der Waals surface area contributed by atoms with Gasteiger partial charge in [0, 0.05) is 6.20 Å². The van der Waals surface area contributed by atoms with Crippen LogP contribution in [0.1, 0.15) is 25.0 Å². The number of allylic oxidation sites excluding steroid dienone is 3. The number of aromatic nitrogens is 1. The zero-order chi connectivity index (χ0) is 12.3. The van der Waals surface area contributed by atoms with E-state index in [2.05, 4.69) is 4.98 Å². The van der Waals surface area contributed by atoms with Gasteiger partial charge in [0.15, 0.2) is 11.1 Å². The lowest BCUT2D eigenvalue weighted by molar-refractivity contribution is 0.572. The van der Waals surface area contributed by atoms with Gasteiger partial charge < -0.3 is 4.55 Å². The molecule has 1 aromatic heterocycles. The topological polar surface area (TPSA) is 50.2 Å². The van der Waals surface area contributed by atoms with Gasteiger partial charge in [0.25, 0.3) is 0 Å². The lowest BCUT2D eigenvalue weighted by Crippen LogP contribution is -1.95. The first-order valence-corrected chi connectivity index (χ1v) is 6.41. The Kier molecular flexibility index (Phi) is 3.81. The molecule has 1 aliphatic rings. The fourth-order valence-corrected chi connectivity index (χ4v) is 2.27. The first kappa shape index (κ1) is 12.1. The van der Waals surface area contributed by atoms with E-state index in [1.54, 1.807) is 12.2 Å². The summed E-state index contributed by atoms with van der Waals surface area (Å²) in [4.78, 5) is 4.31. The quantitative estimate of drug-likeness (QED) is 0.824. The van der Waals surface area contributed by atoms with Crippen molar-refractivity contribution in [2.45, 2.75) is 19.3 Å². The van der Waals surface area contributed by atoms with Crippen LogP contribution in [0, 0.1) is 5.82 Å². The highest BCUT2D eigenvalue weighted by Crippen LogP contribution is 2.26. The van der Waals surface area contributed by atoms with E-state index in [-0.39, 0.29) is 5.69 Å². The van der Waals surface area contributed by atoms with Gasteiger partial charge in [-0.25, -0.2) is 8.60 Å². The van der Waals surface area contributed by atoms with Crippen LogP contribution in [0.2, 0.25) is 0 Å². The number of hydrogen-bond acceptors (Lipinski definition) is 2. The fourth-order valence-electron chi connectivity index (χ4n) is 1.77. The van der Waals surface area contributed by atoms with Crippen LogP contribution in [-0.4, -0.2) is 13.7 Å². The van der Waals surface area contributed by atoms with E-state index in [1.165, 1.54) is 18.3 Å². The van der Waals surface area contributed by atoms with Gasteiger partial charge in [-0.05, 0) is 43.0 Å². The zero-order valence-electron chi connectivity index (χ0n) is 9.10. The van der Waals surface area contributed by atoms with Crippen LogP contribution in [0.15, 0.2) is 35.4 Å². The first-order chi connectivity index (χ1) is 8.18. The van der Waals surface area contributed by atoms with Crippen LogP contribution in [-0.2, 0) is 11.1 Å². The number of rotatable bonds is 2. The normalized spacial score (nSPS) is 18.0. The molecule has 0 amide bonds. The third kappa shape index (κ3) is 2.87.